The number of carbonyl (C=O) groups excluding carboxylic acids is 1. The molecule has 0 N–H and O–H groups in total. The van der Waals surface area contributed by atoms with Crippen molar-refractivity contribution in [3.05, 3.63) is 30.0 Å². The van der Waals surface area contributed by atoms with Gasteiger partial charge in [0.05, 0.1) is 17.6 Å². The second-order valence-electron chi connectivity index (χ2n) is 5.16. The van der Waals surface area contributed by atoms with Crippen LogP contribution in [0.4, 0.5) is 0 Å². The summed E-state index contributed by atoms with van der Waals surface area (Å²) in [6.07, 6.45) is 1.77. The fourth-order valence-corrected chi connectivity index (χ4v) is 2.65. The Morgan fingerprint density at radius 3 is 2.71 bits per heavy atom. The van der Waals surface area contributed by atoms with Crippen molar-refractivity contribution in [1.82, 2.24) is 9.78 Å². The molecule has 1 atom stereocenters. The highest BCUT2D eigenvalue weighted by Crippen LogP contribution is 2.20. The highest BCUT2D eigenvalue weighted by atomic mass is 16.5. The van der Waals surface area contributed by atoms with E-state index in [-0.39, 0.29) is 11.9 Å². The molecule has 0 spiro atoms. The normalized spacial score (nSPS) is 12.7. The second-order valence-corrected chi connectivity index (χ2v) is 5.16. The number of hydrogen-bond acceptors (Lipinski definition) is 3. The van der Waals surface area contributed by atoms with Crippen LogP contribution in [0.1, 0.15) is 39.3 Å². The minimum absolute atomic E-state index is 0.130. The average molecular weight is 288 g/mol. The molecule has 4 heteroatoms. The summed E-state index contributed by atoms with van der Waals surface area (Å²) in [5, 5.41) is 5.66. The molecule has 2 aromatic rings. The Kier molecular flexibility index (Phi) is 5.51. The van der Waals surface area contributed by atoms with Crippen LogP contribution in [0.3, 0.4) is 0 Å². The number of nitrogens with zero attached hydrogens (tertiary/aromatic N) is 2. The number of aryl methyl sites for hydroxylation is 1. The predicted octanol–water partition coefficient (Wildman–Crippen LogP) is 3.37. The minimum Gasteiger partial charge on any atom is -0.371 e. The van der Waals surface area contributed by atoms with Gasteiger partial charge in [-0.1, -0.05) is 31.5 Å². The van der Waals surface area contributed by atoms with Gasteiger partial charge < -0.3 is 4.74 Å². The van der Waals surface area contributed by atoms with Gasteiger partial charge in [-0.05, 0) is 26.3 Å². The van der Waals surface area contributed by atoms with Crippen LogP contribution in [0.15, 0.2) is 24.3 Å². The Morgan fingerprint density at radius 2 is 2.05 bits per heavy atom. The second kappa shape index (κ2) is 7.36. The van der Waals surface area contributed by atoms with E-state index in [4.69, 9.17) is 4.74 Å². The number of benzene rings is 1. The zero-order valence-electron chi connectivity index (χ0n) is 13.1. The summed E-state index contributed by atoms with van der Waals surface area (Å²) in [5.74, 6) is 0.130. The molecule has 1 heterocycles. The van der Waals surface area contributed by atoms with Crippen molar-refractivity contribution in [3.63, 3.8) is 0 Å². The van der Waals surface area contributed by atoms with Crippen LogP contribution in [-0.4, -0.2) is 28.3 Å². The molecule has 0 bridgehead atoms. The third-order valence-electron chi connectivity index (χ3n) is 3.65. The van der Waals surface area contributed by atoms with Gasteiger partial charge in [-0.25, -0.2) is 0 Å². The fraction of sp³-hybridized carbons (Fsp3) is 0.529. The molecular formula is C17H24N2O2. The molecule has 0 aliphatic carbocycles. The van der Waals surface area contributed by atoms with E-state index in [1.165, 1.54) is 0 Å². The number of hydrogen-bond donors (Lipinski definition) is 0. The van der Waals surface area contributed by atoms with E-state index in [0.29, 0.717) is 13.0 Å². The van der Waals surface area contributed by atoms with Crippen molar-refractivity contribution < 1.29 is 9.53 Å². The maximum atomic E-state index is 12.5. The van der Waals surface area contributed by atoms with Crippen molar-refractivity contribution in [3.8, 4) is 0 Å². The number of ketones is 1. The Hall–Kier alpha value is -1.68. The quantitative estimate of drug-likeness (QED) is 0.748. The average Bonchev–Trinajstić information content (AvgIpc) is 2.85. The van der Waals surface area contributed by atoms with Crippen molar-refractivity contribution in [2.24, 2.45) is 0 Å². The van der Waals surface area contributed by atoms with Gasteiger partial charge in [0.1, 0.15) is 6.10 Å². The molecule has 1 aromatic carbocycles. The van der Waals surface area contributed by atoms with Crippen LogP contribution < -0.4 is 0 Å². The molecule has 0 radical (unpaired) electrons. The highest BCUT2D eigenvalue weighted by molar-refractivity contribution is 5.90. The van der Waals surface area contributed by atoms with Crippen LogP contribution >= 0.6 is 0 Å². The molecule has 0 saturated carbocycles. The molecule has 1 unspecified atom stereocenters. The summed E-state index contributed by atoms with van der Waals surface area (Å²) in [6, 6.07) is 8.07. The standard InChI is InChI=1S/C17H24N2O2/c1-4-9-17(21-6-3)16(20)12-14-13-10-7-8-11-15(13)19(5-2)18-14/h7-8,10-11,17H,4-6,9,12H2,1-3H3. The van der Waals surface area contributed by atoms with Crippen LogP contribution in [-0.2, 0) is 22.5 Å². The van der Waals surface area contributed by atoms with E-state index in [1.54, 1.807) is 0 Å². The smallest absolute Gasteiger partial charge is 0.167 e. The zero-order valence-corrected chi connectivity index (χ0v) is 13.1. The van der Waals surface area contributed by atoms with Crippen molar-refractivity contribution in [2.75, 3.05) is 6.61 Å². The first-order valence-electron chi connectivity index (χ1n) is 7.79. The molecule has 0 aliphatic heterocycles. The first-order chi connectivity index (χ1) is 10.2. The van der Waals surface area contributed by atoms with E-state index in [1.807, 2.05) is 35.9 Å². The van der Waals surface area contributed by atoms with E-state index in [2.05, 4.69) is 18.9 Å². The summed E-state index contributed by atoms with van der Waals surface area (Å²) in [7, 11) is 0. The molecule has 0 aliphatic rings. The molecular weight excluding hydrogens is 264 g/mol. The maximum absolute atomic E-state index is 12.5. The van der Waals surface area contributed by atoms with Gasteiger partial charge in [-0.3, -0.25) is 9.48 Å². The van der Waals surface area contributed by atoms with E-state index in [9.17, 15) is 4.79 Å². The van der Waals surface area contributed by atoms with Gasteiger partial charge in [-0.15, -0.1) is 0 Å². The summed E-state index contributed by atoms with van der Waals surface area (Å²) >= 11 is 0. The number of para-hydroxylation sites is 1. The monoisotopic (exact) mass is 288 g/mol. The Morgan fingerprint density at radius 1 is 1.29 bits per heavy atom. The lowest BCUT2D eigenvalue weighted by atomic mass is 10.0. The lowest BCUT2D eigenvalue weighted by molar-refractivity contribution is -0.130. The summed E-state index contributed by atoms with van der Waals surface area (Å²) < 4.78 is 7.53. The largest absolute Gasteiger partial charge is 0.371 e. The molecule has 114 valence electrons. The third-order valence-corrected chi connectivity index (χ3v) is 3.65. The van der Waals surface area contributed by atoms with Gasteiger partial charge in [-0.2, -0.15) is 5.10 Å². The topological polar surface area (TPSA) is 44.1 Å². The van der Waals surface area contributed by atoms with Crippen molar-refractivity contribution in [2.45, 2.75) is 52.7 Å². The zero-order chi connectivity index (χ0) is 15.2. The highest BCUT2D eigenvalue weighted by Gasteiger charge is 2.20. The Labute approximate surface area is 126 Å². The molecule has 0 fully saturated rings. The van der Waals surface area contributed by atoms with Gasteiger partial charge >= 0.3 is 0 Å². The first-order valence-corrected chi connectivity index (χ1v) is 7.79. The SMILES string of the molecule is CCCC(OCC)C(=O)Cc1nn(CC)c2ccccc12. The maximum Gasteiger partial charge on any atom is 0.167 e. The number of Topliss-reactive ketones (excluding diaryl/α,β-unsaturated/α-hetero) is 1. The number of aromatic nitrogens is 2. The van der Waals surface area contributed by atoms with Crippen LogP contribution in [0, 0.1) is 0 Å². The van der Waals surface area contributed by atoms with Gasteiger partial charge in [0, 0.05) is 18.5 Å². The molecule has 1 aromatic heterocycles. The molecule has 2 rings (SSSR count). The number of ether oxygens (including phenoxy) is 1. The number of fused-ring (bicyclic) bond motifs is 1. The van der Waals surface area contributed by atoms with Crippen molar-refractivity contribution in [1.29, 1.82) is 0 Å². The first kappa shape index (κ1) is 15.7. The molecule has 4 nitrogen and oxygen atoms in total. The Bertz CT molecular complexity index is 598. The van der Waals surface area contributed by atoms with E-state index < -0.39 is 0 Å². The molecule has 21 heavy (non-hydrogen) atoms. The third kappa shape index (κ3) is 3.50. The number of carbonyl (C=O) groups is 1. The number of rotatable bonds is 8. The molecule has 0 amide bonds. The van der Waals surface area contributed by atoms with Gasteiger partial charge in [0.2, 0.25) is 0 Å². The summed E-state index contributed by atoms with van der Waals surface area (Å²) in [6.45, 7) is 7.43. The Balaban J connectivity index is 2.24. The lowest BCUT2D eigenvalue weighted by Gasteiger charge is -2.14. The molecule has 0 saturated heterocycles. The lowest BCUT2D eigenvalue weighted by Crippen LogP contribution is -2.26. The van der Waals surface area contributed by atoms with Crippen LogP contribution in [0.25, 0.3) is 10.9 Å². The summed E-state index contributed by atoms with van der Waals surface area (Å²) in [5.41, 5.74) is 1.95. The van der Waals surface area contributed by atoms with Gasteiger partial charge in [0.15, 0.2) is 5.78 Å². The minimum atomic E-state index is -0.300. The fourth-order valence-electron chi connectivity index (χ4n) is 2.65. The van der Waals surface area contributed by atoms with Crippen molar-refractivity contribution >= 4 is 16.7 Å². The van der Waals surface area contributed by atoms with Gasteiger partial charge in [0.25, 0.3) is 0 Å². The summed E-state index contributed by atoms with van der Waals surface area (Å²) in [4.78, 5) is 12.5. The van der Waals surface area contributed by atoms with E-state index >= 15 is 0 Å². The van der Waals surface area contributed by atoms with Crippen LogP contribution in [0.5, 0.6) is 0 Å². The van der Waals surface area contributed by atoms with Crippen LogP contribution in [0.2, 0.25) is 0 Å². The van der Waals surface area contributed by atoms with E-state index in [0.717, 1.165) is 36.0 Å². The predicted molar refractivity (Wildman–Crippen MR) is 84.4 cm³/mol.